The van der Waals surface area contributed by atoms with Gasteiger partial charge in [0.25, 0.3) is 0 Å². The van der Waals surface area contributed by atoms with Crippen LogP contribution in [0.1, 0.15) is 25.0 Å². The number of carbonyl (C=O) groups excluding carboxylic acids is 2. The van der Waals surface area contributed by atoms with E-state index in [4.69, 9.17) is 0 Å². The zero-order valence-electron chi connectivity index (χ0n) is 18.2. The van der Waals surface area contributed by atoms with E-state index in [1.165, 1.54) is 24.3 Å². The maximum Gasteiger partial charge on any atom is 0.184 e. The van der Waals surface area contributed by atoms with Crippen LogP contribution in [0.3, 0.4) is 0 Å². The second-order valence-electron chi connectivity index (χ2n) is 7.10. The summed E-state index contributed by atoms with van der Waals surface area (Å²) in [5, 5.41) is 26.2. The standard InChI is InChI=1S/C26H28N2O4/c1-19(15-23(29)17-25(31)21-9-5-3-6-10-21)27-13-14-28-20(2)16-24(30)18-26(32)22-11-7-4-8-12-22/h3-12,15-18,27-28,31-32H,13-14H2,1-2H3/b19-15-,20-16-,25-17-,26-18-. The molecule has 2 aromatic rings. The molecule has 2 aromatic carbocycles. The largest absolute Gasteiger partial charge is 0.507 e. The molecule has 6 nitrogen and oxygen atoms in total. The maximum absolute atomic E-state index is 12.0. The van der Waals surface area contributed by atoms with E-state index in [1.54, 1.807) is 62.4 Å². The Morgan fingerprint density at radius 3 is 1.34 bits per heavy atom. The molecule has 0 bridgehead atoms. The van der Waals surface area contributed by atoms with Gasteiger partial charge in [-0.2, -0.15) is 0 Å². The highest BCUT2D eigenvalue weighted by atomic mass is 16.3. The average Bonchev–Trinajstić information content (AvgIpc) is 2.77. The van der Waals surface area contributed by atoms with Crippen molar-refractivity contribution in [1.82, 2.24) is 10.6 Å². The highest BCUT2D eigenvalue weighted by Crippen LogP contribution is 2.11. The van der Waals surface area contributed by atoms with Crippen LogP contribution in [0, 0.1) is 0 Å². The maximum atomic E-state index is 12.0. The van der Waals surface area contributed by atoms with Crippen LogP contribution < -0.4 is 10.6 Å². The summed E-state index contributed by atoms with van der Waals surface area (Å²) < 4.78 is 0. The first-order valence-electron chi connectivity index (χ1n) is 10.2. The molecule has 4 N–H and O–H groups in total. The van der Waals surface area contributed by atoms with Crippen LogP contribution in [0.25, 0.3) is 11.5 Å². The average molecular weight is 433 g/mol. The van der Waals surface area contributed by atoms with Crippen molar-refractivity contribution in [3.63, 3.8) is 0 Å². The molecule has 0 amide bonds. The third kappa shape index (κ3) is 8.75. The van der Waals surface area contributed by atoms with Gasteiger partial charge < -0.3 is 20.8 Å². The summed E-state index contributed by atoms with van der Waals surface area (Å²) in [5.74, 6) is -0.815. The molecule has 0 aliphatic carbocycles. The molecule has 0 heterocycles. The number of ketones is 2. The van der Waals surface area contributed by atoms with E-state index >= 15 is 0 Å². The van der Waals surface area contributed by atoms with Gasteiger partial charge in [0.1, 0.15) is 11.5 Å². The summed E-state index contributed by atoms with van der Waals surface area (Å²) in [4.78, 5) is 24.1. The highest BCUT2D eigenvalue weighted by molar-refractivity contribution is 6.04. The third-order valence-electron chi connectivity index (χ3n) is 4.35. The molecule has 0 saturated heterocycles. The number of allylic oxidation sites excluding steroid dienone is 6. The molecule has 2 rings (SSSR count). The van der Waals surface area contributed by atoms with Crippen molar-refractivity contribution in [3.8, 4) is 0 Å². The van der Waals surface area contributed by atoms with Crippen LogP contribution in [0.4, 0.5) is 0 Å². The highest BCUT2D eigenvalue weighted by Gasteiger charge is 2.03. The Hall–Kier alpha value is -4.06. The summed E-state index contributed by atoms with van der Waals surface area (Å²) in [5.41, 5.74) is 2.46. The molecule has 0 saturated carbocycles. The van der Waals surface area contributed by atoms with E-state index in [2.05, 4.69) is 10.6 Å². The first kappa shape index (κ1) is 24.2. The van der Waals surface area contributed by atoms with Gasteiger partial charge in [-0.05, 0) is 13.8 Å². The van der Waals surface area contributed by atoms with Crippen molar-refractivity contribution in [3.05, 3.63) is 107 Å². The summed E-state index contributed by atoms with van der Waals surface area (Å²) in [6, 6.07) is 17.7. The van der Waals surface area contributed by atoms with Crippen LogP contribution in [0.2, 0.25) is 0 Å². The molecular formula is C26H28N2O4. The molecule has 0 aromatic heterocycles. The van der Waals surface area contributed by atoms with E-state index in [0.29, 0.717) is 35.6 Å². The Bertz CT molecular complexity index is 951. The molecule has 0 unspecified atom stereocenters. The van der Waals surface area contributed by atoms with Gasteiger partial charge in [-0.15, -0.1) is 0 Å². The lowest BCUT2D eigenvalue weighted by Gasteiger charge is -2.09. The van der Waals surface area contributed by atoms with Crippen molar-refractivity contribution < 1.29 is 19.8 Å². The van der Waals surface area contributed by atoms with E-state index in [0.717, 1.165) is 0 Å². The molecule has 0 atom stereocenters. The molecule has 0 aliphatic heterocycles. The van der Waals surface area contributed by atoms with Crippen molar-refractivity contribution in [2.75, 3.05) is 13.1 Å². The first-order valence-corrected chi connectivity index (χ1v) is 10.2. The van der Waals surface area contributed by atoms with Gasteiger partial charge in [0.2, 0.25) is 0 Å². The Morgan fingerprint density at radius 1 is 0.656 bits per heavy atom. The Balaban J connectivity index is 1.78. The number of aliphatic hydroxyl groups is 2. The van der Waals surface area contributed by atoms with Gasteiger partial charge in [-0.1, -0.05) is 60.7 Å². The number of aliphatic hydroxyl groups excluding tert-OH is 2. The van der Waals surface area contributed by atoms with Gasteiger partial charge in [0.15, 0.2) is 11.6 Å². The predicted octanol–water partition coefficient (Wildman–Crippen LogP) is 4.31. The topological polar surface area (TPSA) is 98.7 Å². The van der Waals surface area contributed by atoms with Crippen LogP contribution >= 0.6 is 0 Å². The number of hydrogen-bond donors (Lipinski definition) is 4. The van der Waals surface area contributed by atoms with Gasteiger partial charge in [0.05, 0.1) is 0 Å². The van der Waals surface area contributed by atoms with Crippen molar-refractivity contribution in [2.24, 2.45) is 0 Å². The van der Waals surface area contributed by atoms with Gasteiger partial charge in [-0.25, -0.2) is 0 Å². The van der Waals surface area contributed by atoms with Gasteiger partial charge >= 0.3 is 0 Å². The number of benzene rings is 2. The van der Waals surface area contributed by atoms with Crippen molar-refractivity contribution in [2.45, 2.75) is 13.8 Å². The molecule has 6 heteroatoms. The van der Waals surface area contributed by atoms with E-state index < -0.39 is 0 Å². The van der Waals surface area contributed by atoms with Crippen molar-refractivity contribution >= 4 is 23.1 Å². The Morgan fingerprint density at radius 2 is 1.00 bits per heavy atom. The first-order chi connectivity index (χ1) is 15.3. The molecule has 0 fully saturated rings. The summed E-state index contributed by atoms with van der Waals surface area (Å²) >= 11 is 0. The SMILES string of the molecule is C/C(=C/C(=O)/C=C(\O)c1ccccc1)NCCN/C(C)=C\C(=O)/C=C(\O)c1ccccc1. The summed E-state index contributed by atoms with van der Waals surface area (Å²) in [6.45, 7) is 4.56. The van der Waals surface area contributed by atoms with Crippen molar-refractivity contribution in [1.29, 1.82) is 0 Å². The Labute approximate surface area is 188 Å². The Kier molecular flexibility index (Phi) is 9.53. The lowest BCUT2D eigenvalue weighted by molar-refractivity contribution is -0.111. The number of hydrogen-bond acceptors (Lipinski definition) is 6. The molecule has 166 valence electrons. The molecular weight excluding hydrogens is 404 g/mol. The fourth-order valence-electron chi connectivity index (χ4n) is 2.79. The second kappa shape index (κ2) is 12.6. The number of rotatable bonds is 11. The molecule has 32 heavy (non-hydrogen) atoms. The number of nitrogens with one attached hydrogen (secondary N) is 2. The molecule has 0 aliphatic rings. The van der Waals surface area contributed by atoms with E-state index in [1.807, 2.05) is 12.1 Å². The normalized spacial score (nSPS) is 12.9. The smallest absolute Gasteiger partial charge is 0.184 e. The van der Waals surface area contributed by atoms with Crippen LogP contribution in [-0.2, 0) is 9.59 Å². The van der Waals surface area contributed by atoms with Crippen LogP contribution in [0.15, 0.2) is 96.4 Å². The summed E-state index contributed by atoms with van der Waals surface area (Å²) in [7, 11) is 0. The third-order valence-corrected chi connectivity index (χ3v) is 4.35. The van der Waals surface area contributed by atoms with Gasteiger partial charge in [0, 0.05) is 59.9 Å². The number of carbonyl (C=O) groups is 2. The van der Waals surface area contributed by atoms with E-state index in [9.17, 15) is 19.8 Å². The lowest BCUT2D eigenvalue weighted by atomic mass is 10.1. The monoisotopic (exact) mass is 432 g/mol. The van der Waals surface area contributed by atoms with E-state index in [-0.39, 0.29) is 23.1 Å². The van der Waals surface area contributed by atoms with Crippen LogP contribution in [-0.4, -0.2) is 34.9 Å². The lowest BCUT2D eigenvalue weighted by Crippen LogP contribution is -2.25. The molecule has 0 radical (unpaired) electrons. The zero-order valence-corrected chi connectivity index (χ0v) is 18.2. The molecule has 0 spiro atoms. The zero-order chi connectivity index (χ0) is 23.3. The minimum atomic E-state index is -0.323. The minimum absolute atomic E-state index is 0.0842. The van der Waals surface area contributed by atoms with Crippen LogP contribution in [0.5, 0.6) is 0 Å². The summed E-state index contributed by atoms with van der Waals surface area (Å²) in [6.07, 6.45) is 5.16. The van der Waals surface area contributed by atoms with Gasteiger partial charge in [-0.3, -0.25) is 9.59 Å². The fraction of sp³-hybridized carbons (Fsp3) is 0.154. The fourth-order valence-corrected chi connectivity index (χ4v) is 2.79. The predicted molar refractivity (Wildman–Crippen MR) is 128 cm³/mol. The quantitative estimate of drug-likeness (QED) is 0.240. The minimum Gasteiger partial charge on any atom is -0.507 e. The second-order valence-corrected chi connectivity index (χ2v) is 7.10.